The fourth-order valence-corrected chi connectivity index (χ4v) is 3.04. The highest BCUT2D eigenvalue weighted by molar-refractivity contribution is 9.10. The van der Waals surface area contributed by atoms with E-state index in [-0.39, 0.29) is 11.5 Å². The van der Waals surface area contributed by atoms with Crippen molar-refractivity contribution in [2.75, 3.05) is 26.2 Å². The van der Waals surface area contributed by atoms with Crippen molar-refractivity contribution < 1.29 is 9.18 Å². The predicted octanol–water partition coefficient (Wildman–Crippen LogP) is 3.44. The second kappa shape index (κ2) is 7.90. The van der Waals surface area contributed by atoms with E-state index >= 15 is 0 Å². The first-order chi connectivity index (χ1) is 10.1. The number of amides is 1. The van der Waals surface area contributed by atoms with Crippen LogP contribution in [-0.2, 0) is 0 Å². The number of benzene rings is 1. The SMILES string of the molecule is CC(CNC(=O)c1cc(Br)ccc1F)CN1CCCCC1. The first kappa shape index (κ1) is 16.4. The van der Waals surface area contributed by atoms with Crippen LogP contribution >= 0.6 is 15.9 Å². The molecule has 1 amide bonds. The summed E-state index contributed by atoms with van der Waals surface area (Å²) >= 11 is 3.26. The fourth-order valence-electron chi connectivity index (χ4n) is 2.68. The Balaban J connectivity index is 1.81. The highest BCUT2D eigenvalue weighted by Gasteiger charge is 2.16. The molecule has 1 N–H and O–H groups in total. The van der Waals surface area contributed by atoms with Crippen LogP contribution < -0.4 is 5.32 Å². The van der Waals surface area contributed by atoms with Gasteiger partial charge in [0.25, 0.3) is 5.91 Å². The van der Waals surface area contributed by atoms with Gasteiger partial charge < -0.3 is 10.2 Å². The zero-order chi connectivity index (χ0) is 15.2. The zero-order valence-electron chi connectivity index (χ0n) is 12.4. The van der Waals surface area contributed by atoms with Gasteiger partial charge in [-0.25, -0.2) is 4.39 Å². The Labute approximate surface area is 134 Å². The van der Waals surface area contributed by atoms with Gasteiger partial charge in [-0.1, -0.05) is 29.3 Å². The molecule has 3 nitrogen and oxygen atoms in total. The summed E-state index contributed by atoms with van der Waals surface area (Å²) in [6, 6.07) is 4.40. The molecule has 1 aromatic carbocycles. The first-order valence-corrected chi connectivity index (χ1v) is 8.31. The van der Waals surface area contributed by atoms with E-state index in [1.165, 1.54) is 31.4 Å². The predicted molar refractivity (Wildman–Crippen MR) is 85.9 cm³/mol. The van der Waals surface area contributed by atoms with Gasteiger partial charge in [0.15, 0.2) is 0 Å². The smallest absolute Gasteiger partial charge is 0.254 e. The van der Waals surface area contributed by atoms with E-state index in [1.54, 1.807) is 6.07 Å². The van der Waals surface area contributed by atoms with Crippen molar-refractivity contribution in [1.82, 2.24) is 10.2 Å². The van der Waals surface area contributed by atoms with Crippen LogP contribution in [0.4, 0.5) is 4.39 Å². The van der Waals surface area contributed by atoms with Crippen molar-refractivity contribution in [2.24, 2.45) is 5.92 Å². The molecule has 5 heteroatoms. The summed E-state index contributed by atoms with van der Waals surface area (Å²) in [7, 11) is 0. The Morgan fingerprint density at radius 3 is 2.81 bits per heavy atom. The Bertz CT molecular complexity index is 489. The molecule has 1 aliphatic heterocycles. The number of hydrogen-bond acceptors (Lipinski definition) is 2. The van der Waals surface area contributed by atoms with Gasteiger partial charge in [0.1, 0.15) is 5.82 Å². The zero-order valence-corrected chi connectivity index (χ0v) is 14.0. The Morgan fingerprint density at radius 1 is 1.38 bits per heavy atom. The molecule has 0 saturated carbocycles. The molecule has 0 aromatic heterocycles. The summed E-state index contributed by atoms with van der Waals surface area (Å²) in [5.74, 6) is -0.471. The van der Waals surface area contributed by atoms with E-state index in [0.717, 1.165) is 19.6 Å². The number of halogens is 2. The second-order valence-corrected chi connectivity index (χ2v) is 6.72. The van der Waals surface area contributed by atoms with Gasteiger partial charge in [-0.15, -0.1) is 0 Å². The minimum atomic E-state index is -0.487. The lowest BCUT2D eigenvalue weighted by Crippen LogP contribution is -2.38. The summed E-state index contributed by atoms with van der Waals surface area (Å²) in [4.78, 5) is 14.5. The van der Waals surface area contributed by atoms with Gasteiger partial charge in [0, 0.05) is 17.6 Å². The van der Waals surface area contributed by atoms with Crippen LogP contribution in [0.1, 0.15) is 36.5 Å². The normalized spacial score (nSPS) is 17.5. The second-order valence-electron chi connectivity index (χ2n) is 5.80. The molecule has 1 saturated heterocycles. The van der Waals surface area contributed by atoms with E-state index in [0.29, 0.717) is 16.9 Å². The van der Waals surface area contributed by atoms with Gasteiger partial charge in [-0.2, -0.15) is 0 Å². The average molecular weight is 357 g/mol. The Kier molecular flexibility index (Phi) is 6.18. The van der Waals surface area contributed by atoms with Gasteiger partial charge in [-0.3, -0.25) is 4.79 Å². The van der Waals surface area contributed by atoms with Crippen LogP contribution in [0.3, 0.4) is 0 Å². The Hall–Kier alpha value is -0.940. The number of rotatable bonds is 5. The molecule has 2 rings (SSSR count). The largest absolute Gasteiger partial charge is 0.352 e. The average Bonchev–Trinajstić information content (AvgIpc) is 2.48. The minimum absolute atomic E-state index is 0.0922. The number of piperidine rings is 1. The van der Waals surface area contributed by atoms with Crippen LogP contribution in [0, 0.1) is 11.7 Å². The molecule has 1 heterocycles. The lowest BCUT2D eigenvalue weighted by molar-refractivity contribution is 0.0938. The van der Waals surface area contributed by atoms with Crippen molar-refractivity contribution in [3.8, 4) is 0 Å². The van der Waals surface area contributed by atoms with Crippen molar-refractivity contribution in [3.05, 3.63) is 34.1 Å². The number of nitrogens with one attached hydrogen (secondary N) is 1. The number of carbonyl (C=O) groups excluding carboxylic acids is 1. The molecule has 0 bridgehead atoms. The third kappa shape index (κ3) is 5.08. The topological polar surface area (TPSA) is 32.3 Å². The van der Waals surface area contributed by atoms with Gasteiger partial charge in [-0.05, 0) is 50.0 Å². The highest BCUT2D eigenvalue weighted by Crippen LogP contribution is 2.15. The van der Waals surface area contributed by atoms with E-state index in [2.05, 4.69) is 33.1 Å². The standard InChI is InChI=1S/C16H22BrFN2O/c1-12(11-20-7-3-2-4-8-20)10-19-16(21)14-9-13(17)5-6-15(14)18/h5-6,9,12H,2-4,7-8,10-11H2,1H3,(H,19,21). The molecule has 21 heavy (non-hydrogen) atoms. The van der Waals surface area contributed by atoms with Crippen molar-refractivity contribution >= 4 is 21.8 Å². The molecule has 0 aliphatic carbocycles. The van der Waals surface area contributed by atoms with Crippen LogP contribution in [0.2, 0.25) is 0 Å². The monoisotopic (exact) mass is 356 g/mol. The van der Waals surface area contributed by atoms with E-state index in [4.69, 9.17) is 0 Å². The molecule has 116 valence electrons. The summed E-state index contributed by atoms with van der Waals surface area (Å²) in [6.45, 7) is 5.98. The molecule has 1 aromatic rings. The van der Waals surface area contributed by atoms with E-state index < -0.39 is 5.82 Å². The molecular weight excluding hydrogens is 335 g/mol. The van der Waals surface area contributed by atoms with Gasteiger partial charge in [0.05, 0.1) is 5.56 Å². The van der Waals surface area contributed by atoms with Crippen molar-refractivity contribution in [1.29, 1.82) is 0 Å². The molecule has 0 spiro atoms. The van der Waals surface area contributed by atoms with Crippen molar-refractivity contribution in [2.45, 2.75) is 26.2 Å². The maximum absolute atomic E-state index is 13.6. The van der Waals surface area contributed by atoms with E-state index in [9.17, 15) is 9.18 Å². The molecule has 1 atom stereocenters. The molecule has 1 fully saturated rings. The maximum Gasteiger partial charge on any atom is 0.254 e. The lowest BCUT2D eigenvalue weighted by atomic mass is 10.1. The molecular formula is C16H22BrFN2O. The maximum atomic E-state index is 13.6. The molecule has 1 aliphatic rings. The van der Waals surface area contributed by atoms with Crippen molar-refractivity contribution in [3.63, 3.8) is 0 Å². The number of likely N-dealkylation sites (tertiary alicyclic amines) is 1. The summed E-state index contributed by atoms with van der Waals surface area (Å²) in [5.41, 5.74) is 0.0922. The van der Waals surface area contributed by atoms with E-state index in [1.807, 2.05) is 0 Å². The number of nitrogens with zero attached hydrogens (tertiary/aromatic N) is 1. The van der Waals surface area contributed by atoms with Gasteiger partial charge in [0.2, 0.25) is 0 Å². The third-order valence-electron chi connectivity index (χ3n) is 3.80. The molecule has 0 radical (unpaired) electrons. The van der Waals surface area contributed by atoms with Gasteiger partial charge >= 0.3 is 0 Å². The lowest BCUT2D eigenvalue weighted by Gasteiger charge is -2.29. The van der Waals surface area contributed by atoms with Crippen LogP contribution in [0.25, 0.3) is 0 Å². The minimum Gasteiger partial charge on any atom is -0.352 e. The van der Waals surface area contributed by atoms with Crippen LogP contribution in [0.5, 0.6) is 0 Å². The fraction of sp³-hybridized carbons (Fsp3) is 0.562. The molecule has 1 unspecified atom stereocenters. The number of hydrogen-bond donors (Lipinski definition) is 1. The third-order valence-corrected chi connectivity index (χ3v) is 4.30. The summed E-state index contributed by atoms with van der Waals surface area (Å²) < 4.78 is 14.3. The van der Waals surface area contributed by atoms with Crippen LogP contribution in [-0.4, -0.2) is 37.0 Å². The van der Waals surface area contributed by atoms with Crippen LogP contribution in [0.15, 0.2) is 22.7 Å². The quantitative estimate of drug-likeness (QED) is 0.876. The summed E-state index contributed by atoms with van der Waals surface area (Å²) in [5, 5.41) is 2.83. The number of carbonyl (C=O) groups is 1. The highest BCUT2D eigenvalue weighted by atomic mass is 79.9. The Morgan fingerprint density at radius 2 is 2.10 bits per heavy atom. The first-order valence-electron chi connectivity index (χ1n) is 7.52. The summed E-state index contributed by atoms with van der Waals surface area (Å²) in [6.07, 6.45) is 3.86.